The highest BCUT2D eigenvalue weighted by Gasteiger charge is 2.38. The SMILES string of the molecule is Cc1c(C(=O)N2CCC3(CCNC3)CC2)cnn1-c1ccccc1Cl. The topological polar surface area (TPSA) is 50.2 Å². The van der Waals surface area contributed by atoms with Crippen LogP contribution in [0.3, 0.4) is 0 Å². The fourth-order valence-electron chi connectivity index (χ4n) is 4.06. The molecule has 1 N–H and O–H groups in total. The average molecular weight is 359 g/mol. The van der Waals surface area contributed by atoms with Crippen LogP contribution in [0.15, 0.2) is 30.5 Å². The lowest BCUT2D eigenvalue weighted by Gasteiger charge is -2.38. The van der Waals surface area contributed by atoms with Crippen LogP contribution in [0.1, 0.15) is 35.3 Å². The van der Waals surface area contributed by atoms with Gasteiger partial charge in [0.2, 0.25) is 0 Å². The first-order valence-electron chi connectivity index (χ1n) is 8.89. The molecule has 1 amide bonds. The summed E-state index contributed by atoms with van der Waals surface area (Å²) in [4.78, 5) is 15.0. The predicted molar refractivity (Wildman–Crippen MR) is 98.4 cm³/mol. The van der Waals surface area contributed by atoms with Gasteiger partial charge in [-0.05, 0) is 50.3 Å². The zero-order valence-electron chi connectivity index (χ0n) is 14.5. The molecule has 2 aliphatic rings. The van der Waals surface area contributed by atoms with Crippen molar-refractivity contribution in [2.24, 2.45) is 5.41 Å². The molecule has 4 rings (SSSR count). The summed E-state index contributed by atoms with van der Waals surface area (Å²) in [6, 6.07) is 7.55. The number of hydrogen-bond donors (Lipinski definition) is 1. The second kappa shape index (κ2) is 6.46. The molecule has 0 saturated carbocycles. The molecule has 6 heteroatoms. The number of benzene rings is 1. The molecule has 2 fully saturated rings. The highest BCUT2D eigenvalue weighted by molar-refractivity contribution is 6.32. The summed E-state index contributed by atoms with van der Waals surface area (Å²) in [7, 11) is 0. The molecule has 1 aromatic heterocycles. The van der Waals surface area contributed by atoms with Gasteiger partial charge in [0.25, 0.3) is 5.91 Å². The highest BCUT2D eigenvalue weighted by atomic mass is 35.5. The molecule has 132 valence electrons. The van der Waals surface area contributed by atoms with Crippen LogP contribution < -0.4 is 5.32 Å². The number of carbonyl (C=O) groups is 1. The van der Waals surface area contributed by atoms with Gasteiger partial charge in [-0.1, -0.05) is 23.7 Å². The van der Waals surface area contributed by atoms with Crippen LogP contribution in [-0.4, -0.2) is 46.8 Å². The van der Waals surface area contributed by atoms with Gasteiger partial charge in [-0.25, -0.2) is 4.68 Å². The van der Waals surface area contributed by atoms with Crippen molar-refractivity contribution in [3.05, 3.63) is 46.7 Å². The van der Waals surface area contributed by atoms with Gasteiger partial charge in [0.05, 0.1) is 28.2 Å². The summed E-state index contributed by atoms with van der Waals surface area (Å²) in [5, 5.41) is 8.50. The Morgan fingerprint density at radius 1 is 1.24 bits per heavy atom. The number of halogens is 1. The van der Waals surface area contributed by atoms with Crippen LogP contribution in [0, 0.1) is 12.3 Å². The summed E-state index contributed by atoms with van der Waals surface area (Å²) < 4.78 is 1.75. The lowest BCUT2D eigenvalue weighted by molar-refractivity contribution is 0.0607. The standard InChI is InChI=1S/C19H23ClN4O/c1-14-15(12-22-24(14)17-5-3-2-4-16(17)20)18(25)23-10-7-19(8-11-23)6-9-21-13-19/h2-5,12,21H,6-11,13H2,1H3. The predicted octanol–water partition coefficient (Wildman–Crippen LogP) is 3.05. The third-order valence-corrected chi connectivity index (χ3v) is 6.08. The number of nitrogens with one attached hydrogen (secondary N) is 1. The maximum absolute atomic E-state index is 13.0. The molecule has 0 aliphatic carbocycles. The molecule has 25 heavy (non-hydrogen) atoms. The van der Waals surface area contributed by atoms with E-state index in [2.05, 4.69) is 10.4 Å². The quantitative estimate of drug-likeness (QED) is 0.897. The number of nitrogens with zero attached hydrogens (tertiary/aromatic N) is 3. The smallest absolute Gasteiger partial charge is 0.257 e. The van der Waals surface area contributed by atoms with Crippen molar-refractivity contribution in [1.82, 2.24) is 20.0 Å². The van der Waals surface area contributed by atoms with Crippen molar-refractivity contribution in [2.75, 3.05) is 26.2 Å². The second-order valence-corrected chi connectivity index (χ2v) is 7.63. The first kappa shape index (κ1) is 16.6. The minimum atomic E-state index is 0.0802. The number of rotatable bonds is 2. The monoisotopic (exact) mass is 358 g/mol. The molecule has 0 atom stereocenters. The van der Waals surface area contributed by atoms with Gasteiger partial charge in [-0.3, -0.25) is 4.79 Å². The van der Waals surface area contributed by atoms with Gasteiger partial charge in [-0.15, -0.1) is 0 Å². The van der Waals surface area contributed by atoms with Crippen LogP contribution in [0.4, 0.5) is 0 Å². The highest BCUT2D eigenvalue weighted by Crippen LogP contribution is 2.37. The zero-order chi connectivity index (χ0) is 17.4. The first-order chi connectivity index (χ1) is 12.1. The molecule has 2 aromatic rings. The van der Waals surface area contributed by atoms with E-state index < -0.39 is 0 Å². The Balaban J connectivity index is 1.53. The fraction of sp³-hybridized carbons (Fsp3) is 0.474. The number of amides is 1. The molecular weight excluding hydrogens is 336 g/mol. The van der Waals surface area contributed by atoms with E-state index in [0.717, 1.165) is 50.4 Å². The zero-order valence-corrected chi connectivity index (χ0v) is 15.2. The van der Waals surface area contributed by atoms with E-state index in [1.807, 2.05) is 36.1 Å². The van der Waals surface area contributed by atoms with Crippen molar-refractivity contribution in [1.29, 1.82) is 0 Å². The van der Waals surface area contributed by atoms with E-state index in [1.165, 1.54) is 6.42 Å². The van der Waals surface area contributed by atoms with Crippen LogP contribution in [-0.2, 0) is 0 Å². The minimum absolute atomic E-state index is 0.0802. The van der Waals surface area contributed by atoms with Gasteiger partial charge in [-0.2, -0.15) is 5.10 Å². The number of piperidine rings is 1. The molecule has 0 radical (unpaired) electrons. The molecule has 2 saturated heterocycles. The summed E-state index contributed by atoms with van der Waals surface area (Å²) >= 11 is 6.28. The van der Waals surface area contributed by atoms with Crippen molar-refractivity contribution < 1.29 is 4.79 Å². The van der Waals surface area contributed by atoms with Gasteiger partial charge >= 0.3 is 0 Å². The van der Waals surface area contributed by atoms with Gasteiger partial charge in [0.1, 0.15) is 0 Å². The Bertz CT molecular complexity index is 784. The van der Waals surface area contributed by atoms with Gasteiger partial charge < -0.3 is 10.2 Å². The largest absolute Gasteiger partial charge is 0.338 e. The van der Waals surface area contributed by atoms with E-state index in [-0.39, 0.29) is 5.91 Å². The molecule has 2 aliphatic heterocycles. The van der Waals surface area contributed by atoms with E-state index in [9.17, 15) is 4.79 Å². The Labute approximate surface area is 153 Å². The lowest BCUT2D eigenvalue weighted by Crippen LogP contribution is -2.44. The molecule has 5 nitrogen and oxygen atoms in total. The molecule has 1 aromatic carbocycles. The molecular formula is C19H23ClN4O. The minimum Gasteiger partial charge on any atom is -0.338 e. The van der Waals surface area contributed by atoms with Crippen LogP contribution in [0.5, 0.6) is 0 Å². The van der Waals surface area contributed by atoms with Crippen LogP contribution in [0.25, 0.3) is 5.69 Å². The van der Waals surface area contributed by atoms with Crippen molar-refractivity contribution in [2.45, 2.75) is 26.2 Å². The molecule has 1 spiro atoms. The number of hydrogen-bond acceptors (Lipinski definition) is 3. The number of carbonyl (C=O) groups excluding carboxylic acids is 1. The van der Waals surface area contributed by atoms with Gasteiger partial charge in [0, 0.05) is 19.6 Å². The Kier molecular flexibility index (Phi) is 4.29. The Morgan fingerprint density at radius 2 is 2.00 bits per heavy atom. The summed E-state index contributed by atoms with van der Waals surface area (Å²) in [5.41, 5.74) is 2.71. The third-order valence-electron chi connectivity index (χ3n) is 5.76. The van der Waals surface area contributed by atoms with Crippen molar-refractivity contribution >= 4 is 17.5 Å². The Hall–Kier alpha value is -1.85. The van der Waals surface area contributed by atoms with E-state index in [4.69, 9.17) is 11.6 Å². The van der Waals surface area contributed by atoms with E-state index in [0.29, 0.717) is 16.0 Å². The van der Waals surface area contributed by atoms with E-state index in [1.54, 1.807) is 10.9 Å². The normalized spacial score (nSPS) is 19.5. The Morgan fingerprint density at radius 3 is 2.68 bits per heavy atom. The first-order valence-corrected chi connectivity index (χ1v) is 9.27. The van der Waals surface area contributed by atoms with Crippen LogP contribution >= 0.6 is 11.6 Å². The van der Waals surface area contributed by atoms with E-state index >= 15 is 0 Å². The summed E-state index contributed by atoms with van der Waals surface area (Å²) in [6.45, 7) is 5.79. The average Bonchev–Trinajstić information content (AvgIpc) is 3.23. The number of likely N-dealkylation sites (tertiary alicyclic amines) is 1. The van der Waals surface area contributed by atoms with Crippen LogP contribution in [0.2, 0.25) is 5.02 Å². The lowest BCUT2D eigenvalue weighted by atomic mass is 9.78. The summed E-state index contributed by atoms with van der Waals surface area (Å²) in [6.07, 6.45) is 5.08. The third kappa shape index (κ3) is 2.96. The van der Waals surface area contributed by atoms with Gasteiger partial charge in [0.15, 0.2) is 0 Å². The number of para-hydroxylation sites is 1. The van der Waals surface area contributed by atoms with Crippen molar-refractivity contribution in [3.63, 3.8) is 0 Å². The maximum atomic E-state index is 13.0. The molecule has 0 bridgehead atoms. The summed E-state index contributed by atoms with van der Waals surface area (Å²) in [5.74, 6) is 0.0802. The van der Waals surface area contributed by atoms with Crippen molar-refractivity contribution in [3.8, 4) is 5.69 Å². The fourth-order valence-corrected chi connectivity index (χ4v) is 4.28. The molecule has 3 heterocycles. The second-order valence-electron chi connectivity index (χ2n) is 7.23. The maximum Gasteiger partial charge on any atom is 0.257 e. The number of aromatic nitrogens is 2. The molecule has 0 unspecified atom stereocenters.